The van der Waals surface area contributed by atoms with Crippen molar-refractivity contribution >= 4 is 41.4 Å². The van der Waals surface area contributed by atoms with E-state index in [0.29, 0.717) is 28.4 Å². The predicted octanol–water partition coefficient (Wildman–Crippen LogP) is 4.44. The number of amides is 1. The molecule has 0 aromatic heterocycles. The van der Waals surface area contributed by atoms with Crippen LogP contribution in [0, 0.1) is 0 Å². The molecule has 6 heteroatoms. The lowest BCUT2D eigenvalue weighted by Crippen LogP contribution is -2.41. The number of nitrogens with zero attached hydrogens (tertiary/aromatic N) is 2. The van der Waals surface area contributed by atoms with Gasteiger partial charge in [0, 0.05) is 23.2 Å². The fourth-order valence-electron chi connectivity index (χ4n) is 3.28. The number of rotatable bonds is 5. The van der Waals surface area contributed by atoms with Crippen LogP contribution in [0.5, 0.6) is 0 Å². The number of carbonyl (C=O) groups is 2. The molecule has 0 radical (unpaired) electrons. The van der Waals surface area contributed by atoms with Gasteiger partial charge in [-0.05, 0) is 44.1 Å². The number of ketones is 1. The van der Waals surface area contributed by atoms with Crippen LogP contribution in [0.4, 0.5) is 5.69 Å². The van der Waals surface area contributed by atoms with Crippen molar-refractivity contribution in [3.63, 3.8) is 0 Å². The number of carbonyl (C=O) groups excluding carboxylic acids is 2. The molecule has 0 N–H and O–H groups in total. The number of anilines is 1. The Bertz CT molecular complexity index is 790. The second kappa shape index (κ2) is 9.88. The standard InChI is InChI=1S/C21H23ClN2O2.ClH/c1-23(20(25)15-24-12-6-3-7-13-24)19-11-10-17(22)14-18(19)21(26)16-8-4-2-5-9-16;/h2,4-5,8-11,14H,3,6-7,12-13,15H2,1H3;1H. The Morgan fingerprint density at radius 3 is 2.37 bits per heavy atom. The van der Waals surface area contributed by atoms with Crippen molar-refractivity contribution in [3.05, 3.63) is 64.7 Å². The Morgan fingerprint density at radius 1 is 1.04 bits per heavy atom. The molecule has 0 unspecified atom stereocenters. The van der Waals surface area contributed by atoms with E-state index in [-0.39, 0.29) is 24.1 Å². The Balaban J connectivity index is 0.00000261. The van der Waals surface area contributed by atoms with Crippen LogP contribution in [0.15, 0.2) is 48.5 Å². The molecule has 1 fully saturated rings. The molecule has 0 spiro atoms. The third kappa shape index (κ3) is 5.32. The van der Waals surface area contributed by atoms with Gasteiger partial charge in [0.1, 0.15) is 0 Å². The Labute approximate surface area is 171 Å². The third-order valence-corrected chi connectivity index (χ3v) is 5.02. The quantitative estimate of drug-likeness (QED) is 0.688. The van der Waals surface area contributed by atoms with E-state index >= 15 is 0 Å². The molecule has 1 aliphatic heterocycles. The van der Waals surface area contributed by atoms with Crippen molar-refractivity contribution in [1.82, 2.24) is 4.90 Å². The highest BCUT2D eigenvalue weighted by Crippen LogP contribution is 2.26. The molecule has 1 aliphatic rings. The normalized spacial score (nSPS) is 14.3. The van der Waals surface area contributed by atoms with Gasteiger partial charge in [-0.15, -0.1) is 12.4 Å². The van der Waals surface area contributed by atoms with Crippen LogP contribution in [0.1, 0.15) is 35.2 Å². The summed E-state index contributed by atoms with van der Waals surface area (Å²) in [7, 11) is 1.72. The smallest absolute Gasteiger partial charge is 0.240 e. The SMILES string of the molecule is CN(C(=O)CN1CCCCC1)c1ccc(Cl)cc1C(=O)c1ccccc1.Cl. The van der Waals surface area contributed by atoms with Crippen LogP contribution in [-0.2, 0) is 4.79 Å². The number of likely N-dealkylation sites (N-methyl/N-ethyl adjacent to an activating group) is 1. The first-order chi connectivity index (χ1) is 12.6. The van der Waals surface area contributed by atoms with E-state index in [2.05, 4.69) is 4.90 Å². The molecule has 0 atom stereocenters. The van der Waals surface area contributed by atoms with Crippen LogP contribution >= 0.6 is 24.0 Å². The molecule has 27 heavy (non-hydrogen) atoms. The molecule has 1 amide bonds. The summed E-state index contributed by atoms with van der Waals surface area (Å²) < 4.78 is 0. The highest BCUT2D eigenvalue weighted by Gasteiger charge is 2.22. The summed E-state index contributed by atoms with van der Waals surface area (Å²) in [5.41, 5.74) is 1.61. The van der Waals surface area contributed by atoms with E-state index in [9.17, 15) is 9.59 Å². The van der Waals surface area contributed by atoms with Gasteiger partial charge in [0.05, 0.1) is 12.2 Å². The summed E-state index contributed by atoms with van der Waals surface area (Å²) in [6.45, 7) is 2.28. The number of benzene rings is 2. The number of likely N-dealkylation sites (tertiary alicyclic amines) is 1. The van der Waals surface area contributed by atoms with Gasteiger partial charge in [-0.3, -0.25) is 14.5 Å². The van der Waals surface area contributed by atoms with Gasteiger partial charge in [0.15, 0.2) is 5.78 Å². The Morgan fingerprint density at radius 2 is 1.70 bits per heavy atom. The Hall–Kier alpha value is -1.88. The first-order valence-corrected chi connectivity index (χ1v) is 9.32. The molecule has 0 aliphatic carbocycles. The van der Waals surface area contributed by atoms with Crippen LogP contribution in [-0.4, -0.2) is 43.3 Å². The fraction of sp³-hybridized carbons (Fsp3) is 0.333. The lowest BCUT2D eigenvalue weighted by atomic mass is 10.0. The average molecular weight is 407 g/mol. The van der Waals surface area contributed by atoms with Crippen LogP contribution in [0.2, 0.25) is 5.02 Å². The van der Waals surface area contributed by atoms with E-state index in [1.807, 2.05) is 18.2 Å². The van der Waals surface area contributed by atoms with Crippen LogP contribution < -0.4 is 4.90 Å². The van der Waals surface area contributed by atoms with Crippen LogP contribution in [0.25, 0.3) is 0 Å². The predicted molar refractivity (Wildman–Crippen MR) is 112 cm³/mol. The highest BCUT2D eigenvalue weighted by molar-refractivity contribution is 6.31. The maximum Gasteiger partial charge on any atom is 0.240 e. The molecule has 1 heterocycles. The first kappa shape index (κ1) is 21.4. The van der Waals surface area contributed by atoms with Gasteiger partial charge >= 0.3 is 0 Å². The summed E-state index contributed by atoms with van der Waals surface area (Å²) >= 11 is 6.12. The van der Waals surface area contributed by atoms with Gasteiger partial charge in [-0.25, -0.2) is 0 Å². The lowest BCUT2D eigenvalue weighted by molar-refractivity contribution is -0.119. The molecule has 0 saturated carbocycles. The maximum absolute atomic E-state index is 12.9. The molecule has 2 aromatic rings. The summed E-state index contributed by atoms with van der Waals surface area (Å²) in [4.78, 5) is 29.4. The van der Waals surface area contributed by atoms with Gasteiger partial charge < -0.3 is 4.90 Å². The molecule has 4 nitrogen and oxygen atoms in total. The van der Waals surface area contributed by atoms with Crippen molar-refractivity contribution in [3.8, 4) is 0 Å². The topological polar surface area (TPSA) is 40.6 Å². The average Bonchev–Trinajstić information content (AvgIpc) is 2.68. The largest absolute Gasteiger partial charge is 0.314 e. The minimum absolute atomic E-state index is 0. The first-order valence-electron chi connectivity index (χ1n) is 8.94. The summed E-state index contributed by atoms with van der Waals surface area (Å²) in [6.07, 6.45) is 3.50. The van der Waals surface area contributed by atoms with E-state index in [1.165, 1.54) is 6.42 Å². The van der Waals surface area contributed by atoms with Crippen molar-refractivity contribution in [1.29, 1.82) is 0 Å². The van der Waals surface area contributed by atoms with E-state index in [0.717, 1.165) is 25.9 Å². The number of halogens is 2. The van der Waals surface area contributed by atoms with E-state index in [1.54, 1.807) is 42.3 Å². The maximum atomic E-state index is 12.9. The molecule has 2 aromatic carbocycles. The van der Waals surface area contributed by atoms with Crippen molar-refractivity contribution in [2.75, 3.05) is 31.6 Å². The molecule has 0 bridgehead atoms. The van der Waals surface area contributed by atoms with Crippen molar-refractivity contribution in [2.24, 2.45) is 0 Å². The lowest BCUT2D eigenvalue weighted by Gasteiger charge is -2.28. The molecule has 3 rings (SSSR count). The zero-order valence-corrected chi connectivity index (χ0v) is 16.9. The monoisotopic (exact) mass is 406 g/mol. The Kier molecular flexibility index (Phi) is 7.84. The highest BCUT2D eigenvalue weighted by atomic mass is 35.5. The second-order valence-corrected chi connectivity index (χ2v) is 7.08. The summed E-state index contributed by atoms with van der Waals surface area (Å²) in [6, 6.07) is 14.1. The van der Waals surface area contributed by atoms with Gasteiger partial charge in [0.25, 0.3) is 0 Å². The summed E-state index contributed by atoms with van der Waals surface area (Å²) in [5, 5.41) is 0.477. The molecule has 1 saturated heterocycles. The van der Waals surface area contributed by atoms with Gasteiger partial charge in [-0.2, -0.15) is 0 Å². The van der Waals surface area contributed by atoms with Gasteiger partial charge in [0.2, 0.25) is 5.91 Å². The van der Waals surface area contributed by atoms with Crippen molar-refractivity contribution in [2.45, 2.75) is 19.3 Å². The molecular weight excluding hydrogens is 383 g/mol. The zero-order valence-electron chi connectivity index (χ0n) is 15.4. The van der Waals surface area contributed by atoms with E-state index in [4.69, 9.17) is 11.6 Å². The van der Waals surface area contributed by atoms with Gasteiger partial charge in [-0.1, -0.05) is 48.4 Å². The minimum atomic E-state index is -0.138. The summed E-state index contributed by atoms with van der Waals surface area (Å²) in [5.74, 6) is -0.156. The van der Waals surface area contributed by atoms with Crippen LogP contribution in [0.3, 0.4) is 0 Å². The van der Waals surface area contributed by atoms with E-state index < -0.39 is 0 Å². The zero-order chi connectivity index (χ0) is 18.5. The fourth-order valence-corrected chi connectivity index (χ4v) is 3.45. The minimum Gasteiger partial charge on any atom is -0.314 e. The third-order valence-electron chi connectivity index (χ3n) is 4.78. The number of hydrogen-bond acceptors (Lipinski definition) is 3. The molecule has 144 valence electrons. The number of piperidine rings is 1. The second-order valence-electron chi connectivity index (χ2n) is 6.65. The van der Waals surface area contributed by atoms with Crippen molar-refractivity contribution < 1.29 is 9.59 Å². The molecular formula is C21H24Cl2N2O2. The number of hydrogen-bond donors (Lipinski definition) is 0.